The molecule has 3 aliphatic rings. The predicted molar refractivity (Wildman–Crippen MR) is 92.2 cm³/mol. The molecule has 0 unspecified atom stereocenters. The standard InChI is InChI=1S/C20H26O6/c1-12-7-17-20(11-21)14(10-26-17)3-2-4-16(20)19(12,18(23)24)8-15(22)13-5-6-25-9-13/h3,5-6,9,12,15-17,21-22H,2,4,7-8,10-11H2,1H3,(H,23,24)/t12-,15+,16-,17+,19-,20+/m1/s1. The Labute approximate surface area is 152 Å². The van der Waals surface area contributed by atoms with Crippen molar-refractivity contribution in [3.8, 4) is 0 Å². The van der Waals surface area contributed by atoms with Crippen LogP contribution in [0, 0.1) is 22.7 Å². The van der Waals surface area contributed by atoms with Gasteiger partial charge in [-0.1, -0.05) is 13.0 Å². The highest BCUT2D eigenvalue weighted by atomic mass is 16.5. The van der Waals surface area contributed by atoms with Gasteiger partial charge in [-0.15, -0.1) is 0 Å². The molecule has 0 bridgehead atoms. The summed E-state index contributed by atoms with van der Waals surface area (Å²) in [6.07, 6.45) is 6.11. The molecule has 6 heteroatoms. The number of hydrogen-bond donors (Lipinski definition) is 3. The van der Waals surface area contributed by atoms with E-state index in [1.165, 1.54) is 12.5 Å². The van der Waals surface area contributed by atoms with Crippen molar-refractivity contribution in [2.75, 3.05) is 13.2 Å². The lowest BCUT2D eigenvalue weighted by Gasteiger charge is -2.58. The second-order valence-corrected chi connectivity index (χ2v) is 8.12. The van der Waals surface area contributed by atoms with Gasteiger partial charge in [-0.3, -0.25) is 4.79 Å². The van der Waals surface area contributed by atoms with Gasteiger partial charge >= 0.3 is 5.97 Å². The van der Waals surface area contributed by atoms with Crippen LogP contribution in [0.1, 0.15) is 44.3 Å². The van der Waals surface area contributed by atoms with Gasteiger partial charge in [0, 0.05) is 11.0 Å². The molecule has 142 valence electrons. The topological polar surface area (TPSA) is 100 Å². The molecule has 0 radical (unpaired) electrons. The van der Waals surface area contributed by atoms with E-state index in [0.29, 0.717) is 25.0 Å². The fourth-order valence-electron chi connectivity index (χ4n) is 5.94. The molecule has 6 atom stereocenters. The van der Waals surface area contributed by atoms with Crippen LogP contribution < -0.4 is 0 Å². The van der Waals surface area contributed by atoms with Gasteiger partial charge in [0.05, 0.1) is 43.4 Å². The average Bonchev–Trinajstić information content (AvgIpc) is 3.27. The third kappa shape index (κ3) is 2.19. The van der Waals surface area contributed by atoms with E-state index in [4.69, 9.17) is 9.15 Å². The highest BCUT2D eigenvalue weighted by Gasteiger charge is 2.67. The highest BCUT2D eigenvalue weighted by Crippen LogP contribution is 2.65. The van der Waals surface area contributed by atoms with Gasteiger partial charge in [0.1, 0.15) is 0 Å². The van der Waals surface area contributed by atoms with Gasteiger partial charge in [0.25, 0.3) is 0 Å². The van der Waals surface area contributed by atoms with Crippen LogP contribution in [0.5, 0.6) is 0 Å². The Balaban J connectivity index is 1.80. The average molecular weight is 362 g/mol. The van der Waals surface area contributed by atoms with E-state index < -0.39 is 22.9 Å². The Kier molecular flexibility index (Phi) is 4.25. The molecule has 0 amide bonds. The number of rotatable bonds is 5. The van der Waals surface area contributed by atoms with Crippen molar-refractivity contribution in [2.45, 2.75) is 44.8 Å². The number of ether oxygens (including phenoxy) is 1. The molecule has 0 spiro atoms. The normalized spacial score (nSPS) is 40.0. The minimum atomic E-state index is -1.12. The van der Waals surface area contributed by atoms with E-state index in [0.717, 1.165) is 12.0 Å². The molecular formula is C20H26O6. The summed E-state index contributed by atoms with van der Waals surface area (Å²) in [5.41, 5.74) is -0.133. The molecule has 1 saturated heterocycles. The van der Waals surface area contributed by atoms with Crippen LogP contribution in [0.2, 0.25) is 0 Å². The smallest absolute Gasteiger partial charge is 0.310 e. The quantitative estimate of drug-likeness (QED) is 0.696. The number of furan rings is 1. The van der Waals surface area contributed by atoms with Crippen molar-refractivity contribution in [2.24, 2.45) is 22.7 Å². The molecule has 26 heavy (non-hydrogen) atoms. The second-order valence-electron chi connectivity index (χ2n) is 8.12. The van der Waals surface area contributed by atoms with Crippen molar-refractivity contribution in [3.63, 3.8) is 0 Å². The molecular weight excluding hydrogens is 336 g/mol. The zero-order chi connectivity index (χ0) is 18.5. The van der Waals surface area contributed by atoms with Crippen LogP contribution in [0.15, 0.2) is 34.7 Å². The van der Waals surface area contributed by atoms with Gasteiger partial charge in [0.15, 0.2) is 0 Å². The molecule has 6 nitrogen and oxygen atoms in total. The number of carboxylic acids is 1. The molecule has 2 heterocycles. The summed E-state index contributed by atoms with van der Waals surface area (Å²) >= 11 is 0. The number of aliphatic carboxylic acids is 1. The van der Waals surface area contributed by atoms with Crippen LogP contribution in [0.25, 0.3) is 0 Å². The Hall–Kier alpha value is -1.63. The van der Waals surface area contributed by atoms with E-state index in [1.54, 1.807) is 6.07 Å². The van der Waals surface area contributed by atoms with E-state index in [9.17, 15) is 20.1 Å². The van der Waals surface area contributed by atoms with Crippen molar-refractivity contribution >= 4 is 5.97 Å². The molecule has 1 aliphatic heterocycles. The summed E-state index contributed by atoms with van der Waals surface area (Å²) < 4.78 is 11.0. The summed E-state index contributed by atoms with van der Waals surface area (Å²) in [6.45, 7) is 2.29. The van der Waals surface area contributed by atoms with Gasteiger partial charge in [-0.25, -0.2) is 0 Å². The van der Waals surface area contributed by atoms with Gasteiger partial charge < -0.3 is 24.5 Å². The van der Waals surface area contributed by atoms with E-state index in [-0.39, 0.29) is 31.0 Å². The zero-order valence-electron chi connectivity index (χ0n) is 14.9. The maximum atomic E-state index is 12.7. The number of carboxylic acid groups (broad SMARTS) is 1. The molecule has 1 aromatic rings. The number of allylic oxidation sites excluding steroid dienone is 1. The minimum Gasteiger partial charge on any atom is -0.481 e. The maximum absolute atomic E-state index is 12.7. The van der Waals surface area contributed by atoms with E-state index >= 15 is 0 Å². The lowest BCUT2D eigenvalue weighted by molar-refractivity contribution is -0.188. The van der Waals surface area contributed by atoms with Crippen LogP contribution in [-0.4, -0.2) is 40.6 Å². The van der Waals surface area contributed by atoms with Crippen LogP contribution in [-0.2, 0) is 9.53 Å². The first kappa shape index (κ1) is 17.8. The number of hydrogen-bond acceptors (Lipinski definition) is 5. The molecule has 1 saturated carbocycles. The lowest BCUT2D eigenvalue weighted by Crippen LogP contribution is -2.61. The molecule has 0 aromatic carbocycles. The fraction of sp³-hybridized carbons (Fsp3) is 0.650. The third-order valence-corrected chi connectivity index (χ3v) is 7.27. The number of carbonyl (C=O) groups is 1. The molecule has 3 N–H and O–H groups in total. The van der Waals surface area contributed by atoms with E-state index in [2.05, 4.69) is 6.08 Å². The SMILES string of the molecule is C[C@@H]1C[C@@H]2OCC3=CCC[C@H]([C@]1(C[C@H](O)c1ccoc1)C(=O)O)[C@]32CO. The molecule has 2 fully saturated rings. The van der Waals surface area contributed by atoms with Crippen LogP contribution >= 0.6 is 0 Å². The summed E-state index contributed by atoms with van der Waals surface area (Å²) in [4.78, 5) is 12.7. The summed E-state index contributed by atoms with van der Waals surface area (Å²) in [6, 6.07) is 1.67. The monoisotopic (exact) mass is 362 g/mol. The third-order valence-electron chi connectivity index (χ3n) is 7.27. The van der Waals surface area contributed by atoms with Crippen molar-refractivity contribution in [3.05, 3.63) is 35.8 Å². The van der Waals surface area contributed by atoms with Gasteiger partial charge in [0.2, 0.25) is 0 Å². The Morgan fingerprint density at radius 2 is 2.27 bits per heavy atom. The van der Waals surface area contributed by atoms with Gasteiger partial charge in [-0.05, 0) is 49.2 Å². The number of aliphatic hydroxyl groups excluding tert-OH is 2. The highest BCUT2D eigenvalue weighted by molar-refractivity contribution is 5.76. The van der Waals surface area contributed by atoms with Crippen LogP contribution in [0.3, 0.4) is 0 Å². The number of aliphatic hydroxyl groups is 2. The molecule has 1 aromatic heterocycles. The van der Waals surface area contributed by atoms with Gasteiger partial charge in [-0.2, -0.15) is 0 Å². The van der Waals surface area contributed by atoms with Crippen molar-refractivity contribution < 1.29 is 29.3 Å². The van der Waals surface area contributed by atoms with Crippen molar-refractivity contribution in [1.29, 1.82) is 0 Å². The Bertz CT molecular complexity index is 710. The molecule has 4 rings (SSSR count). The van der Waals surface area contributed by atoms with Crippen molar-refractivity contribution in [1.82, 2.24) is 0 Å². The fourth-order valence-corrected chi connectivity index (χ4v) is 5.94. The summed E-state index contributed by atoms with van der Waals surface area (Å²) in [5.74, 6) is -1.33. The largest absolute Gasteiger partial charge is 0.481 e. The Morgan fingerprint density at radius 1 is 1.46 bits per heavy atom. The lowest BCUT2D eigenvalue weighted by atomic mass is 9.45. The first-order valence-electron chi connectivity index (χ1n) is 9.32. The van der Waals surface area contributed by atoms with E-state index in [1.807, 2.05) is 6.92 Å². The minimum absolute atomic E-state index is 0.107. The molecule has 2 aliphatic carbocycles. The second kappa shape index (κ2) is 6.22. The van der Waals surface area contributed by atoms with Crippen LogP contribution in [0.4, 0.5) is 0 Å². The Morgan fingerprint density at radius 3 is 2.92 bits per heavy atom. The summed E-state index contributed by atoms with van der Waals surface area (Å²) in [7, 11) is 0. The zero-order valence-corrected chi connectivity index (χ0v) is 14.9. The first-order valence-corrected chi connectivity index (χ1v) is 9.32. The predicted octanol–water partition coefficient (Wildman–Crippen LogP) is 2.53. The first-order chi connectivity index (χ1) is 12.5. The maximum Gasteiger partial charge on any atom is 0.310 e. The summed E-state index contributed by atoms with van der Waals surface area (Å²) in [5, 5.41) is 31.5.